The van der Waals surface area contributed by atoms with Crippen LogP contribution >= 0.6 is 11.6 Å². The number of hydrogen-bond acceptors (Lipinski definition) is 14. The van der Waals surface area contributed by atoms with Crippen molar-refractivity contribution < 1.29 is 18.9 Å². The molecule has 0 unspecified atom stereocenters. The van der Waals surface area contributed by atoms with Crippen molar-refractivity contribution in [3.8, 4) is 23.0 Å². The van der Waals surface area contributed by atoms with Gasteiger partial charge in [0.2, 0.25) is 11.9 Å². The summed E-state index contributed by atoms with van der Waals surface area (Å²) >= 11 is 5.66. The molecule has 0 aliphatic carbocycles. The van der Waals surface area contributed by atoms with Crippen LogP contribution in [-0.2, 0) is 0 Å². The average molecular weight is 755 g/mol. The Hall–Kier alpha value is -4.79. The molecule has 0 aliphatic heterocycles. The van der Waals surface area contributed by atoms with E-state index in [2.05, 4.69) is 79.1 Å². The highest BCUT2D eigenvalue weighted by Crippen LogP contribution is 2.32. The Balaban J connectivity index is 0.000000329. The van der Waals surface area contributed by atoms with Gasteiger partial charge in [0.15, 0.2) is 23.0 Å². The summed E-state index contributed by atoms with van der Waals surface area (Å²) in [5.41, 5.74) is 1.66. The molecule has 2 aromatic carbocycles. The number of ether oxygens (including phenoxy) is 4. The number of benzene rings is 2. The first-order valence-electron chi connectivity index (χ1n) is 18.0. The summed E-state index contributed by atoms with van der Waals surface area (Å²) in [7, 11) is 6.88. The zero-order valence-electron chi connectivity index (χ0n) is 32.6. The summed E-state index contributed by atoms with van der Waals surface area (Å²) in [6, 6.07) is 14.9. The first kappa shape index (κ1) is 44.4. The monoisotopic (exact) mass is 754 g/mol. The van der Waals surface area contributed by atoms with Gasteiger partial charge in [0, 0.05) is 62.4 Å². The number of nitrogens with zero attached hydrogens (tertiary/aromatic N) is 5. The third-order valence-electron chi connectivity index (χ3n) is 7.47. The van der Waals surface area contributed by atoms with E-state index >= 15 is 0 Å². The lowest BCUT2D eigenvalue weighted by molar-refractivity contribution is 0.242. The SMILES string of the molecule is CCN(CC)CCCOc1cc(Nc2nccc(NC)n2)ccc1OC.CCNCC.CNc1ccnc(Nc2ccc(OC)c(OCCCCl)c2)n1. The molecule has 2 heterocycles. The molecular formula is C38H59ClN10O4. The van der Waals surface area contributed by atoms with Crippen LogP contribution in [0.25, 0.3) is 0 Å². The Morgan fingerprint density at radius 2 is 1.11 bits per heavy atom. The molecule has 15 heteroatoms. The summed E-state index contributed by atoms with van der Waals surface area (Å²) in [4.78, 5) is 19.5. The molecule has 0 spiro atoms. The van der Waals surface area contributed by atoms with Crippen LogP contribution < -0.4 is 45.5 Å². The van der Waals surface area contributed by atoms with Crippen LogP contribution in [0.15, 0.2) is 60.9 Å². The third kappa shape index (κ3) is 17.1. The lowest BCUT2D eigenvalue weighted by Crippen LogP contribution is -2.25. The van der Waals surface area contributed by atoms with Crippen molar-refractivity contribution >= 4 is 46.5 Å². The Kier molecular flexibility index (Phi) is 22.5. The van der Waals surface area contributed by atoms with Gasteiger partial charge >= 0.3 is 0 Å². The largest absolute Gasteiger partial charge is 0.493 e. The third-order valence-corrected chi connectivity index (χ3v) is 7.74. The summed E-state index contributed by atoms with van der Waals surface area (Å²) < 4.78 is 22.3. The first-order chi connectivity index (χ1) is 25.9. The van der Waals surface area contributed by atoms with Gasteiger partial charge in [0.1, 0.15) is 11.6 Å². The fourth-order valence-corrected chi connectivity index (χ4v) is 4.71. The van der Waals surface area contributed by atoms with Gasteiger partial charge in [-0.05, 0) is 75.4 Å². The van der Waals surface area contributed by atoms with Crippen LogP contribution in [0, 0.1) is 0 Å². The number of nitrogens with one attached hydrogen (secondary N) is 5. The number of methoxy groups -OCH3 is 2. The summed E-state index contributed by atoms with van der Waals surface area (Å²) in [5.74, 6) is 5.83. The second-order valence-electron chi connectivity index (χ2n) is 11.1. The number of halogens is 1. The molecule has 292 valence electrons. The fourth-order valence-electron chi connectivity index (χ4n) is 4.61. The van der Waals surface area contributed by atoms with E-state index in [1.165, 1.54) is 0 Å². The zero-order chi connectivity index (χ0) is 38.7. The van der Waals surface area contributed by atoms with Crippen molar-refractivity contribution in [2.24, 2.45) is 0 Å². The lowest BCUT2D eigenvalue weighted by Gasteiger charge is -2.18. The number of aromatic nitrogens is 4. The van der Waals surface area contributed by atoms with E-state index in [1.54, 1.807) is 32.7 Å². The van der Waals surface area contributed by atoms with Gasteiger partial charge < -0.3 is 50.4 Å². The van der Waals surface area contributed by atoms with Gasteiger partial charge in [-0.15, -0.1) is 11.6 Å². The quantitative estimate of drug-likeness (QED) is 0.0428. The lowest BCUT2D eigenvalue weighted by atomic mass is 10.2. The molecule has 0 bridgehead atoms. The van der Waals surface area contributed by atoms with Crippen LogP contribution in [0.1, 0.15) is 40.5 Å². The maximum atomic E-state index is 5.95. The van der Waals surface area contributed by atoms with Gasteiger partial charge in [0.05, 0.1) is 27.4 Å². The minimum Gasteiger partial charge on any atom is -0.493 e. The van der Waals surface area contributed by atoms with Crippen molar-refractivity contribution in [3.05, 3.63) is 60.9 Å². The van der Waals surface area contributed by atoms with Gasteiger partial charge in [-0.25, -0.2) is 9.97 Å². The predicted octanol–water partition coefficient (Wildman–Crippen LogP) is 7.28. The molecule has 0 fully saturated rings. The minimum atomic E-state index is 0.503. The number of anilines is 6. The topological polar surface area (TPSA) is 152 Å². The highest BCUT2D eigenvalue weighted by molar-refractivity contribution is 6.17. The molecule has 2 aromatic heterocycles. The van der Waals surface area contributed by atoms with E-state index in [1.807, 2.05) is 56.6 Å². The van der Waals surface area contributed by atoms with Gasteiger partial charge in [-0.3, -0.25) is 0 Å². The molecule has 0 saturated heterocycles. The highest BCUT2D eigenvalue weighted by atomic mass is 35.5. The highest BCUT2D eigenvalue weighted by Gasteiger charge is 2.09. The Labute approximate surface area is 320 Å². The van der Waals surface area contributed by atoms with Crippen molar-refractivity contribution in [1.82, 2.24) is 30.2 Å². The molecule has 5 N–H and O–H groups in total. The van der Waals surface area contributed by atoms with Crippen molar-refractivity contribution in [2.75, 3.05) is 101 Å². The van der Waals surface area contributed by atoms with Crippen molar-refractivity contribution in [2.45, 2.75) is 40.5 Å². The molecule has 0 amide bonds. The van der Waals surface area contributed by atoms with E-state index in [4.69, 9.17) is 30.5 Å². The standard InChI is InChI=1S/C19H29N5O2.C15H19ClN4O2.C4H11N/c1-5-24(6-2)12-7-13-26-17-14-15(8-9-16(17)25-4)22-19-21-11-10-18(20-3)23-19;1-17-14-6-8-18-15(20-14)19-11-4-5-12(21-2)13(10-11)22-9-3-7-16;1-3-5-4-2/h8-11,14H,5-7,12-13H2,1-4H3,(H2,20,21,22,23);4-6,8,10H,3,7,9H2,1-2H3,(H2,17,18,19,20);5H,3-4H2,1-2H3. The van der Waals surface area contributed by atoms with Crippen molar-refractivity contribution in [1.29, 1.82) is 0 Å². The summed E-state index contributed by atoms with van der Waals surface area (Å²) in [6.45, 7) is 15.1. The van der Waals surface area contributed by atoms with E-state index in [-0.39, 0.29) is 0 Å². The molecule has 4 rings (SSSR count). The molecule has 4 aromatic rings. The van der Waals surface area contributed by atoms with Gasteiger partial charge in [0.25, 0.3) is 0 Å². The predicted molar refractivity (Wildman–Crippen MR) is 219 cm³/mol. The Morgan fingerprint density at radius 3 is 1.49 bits per heavy atom. The fraction of sp³-hybridized carbons (Fsp3) is 0.474. The number of hydrogen-bond donors (Lipinski definition) is 5. The maximum absolute atomic E-state index is 5.95. The van der Waals surface area contributed by atoms with Gasteiger partial charge in [-0.1, -0.05) is 27.7 Å². The Bertz CT molecular complexity index is 1560. The van der Waals surface area contributed by atoms with Crippen LogP contribution in [0.5, 0.6) is 23.0 Å². The first-order valence-corrected chi connectivity index (χ1v) is 18.6. The molecule has 0 saturated carbocycles. The summed E-state index contributed by atoms with van der Waals surface area (Å²) in [6.07, 6.45) is 5.13. The van der Waals surface area contributed by atoms with E-state index < -0.39 is 0 Å². The average Bonchev–Trinajstić information content (AvgIpc) is 3.19. The smallest absolute Gasteiger partial charge is 0.229 e. The van der Waals surface area contributed by atoms with Crippen molar-refractivity contribution in [3.63, 3.8) is 0 Å². The normalized spacial score (nSPS) is 10.2. The van der Waals surface area contributed by atoms with E-state index in [9.17, 15) is 0 Å². The molecule has 14 nitrogen and oxygen atoms in total. The van der Waals surface area contributed by atoms with E-state index in [0.29, 0.717) is 54.0 Å². The molecule has 0 atom stereocenters. The second-order valence-corrected chi connectivity index (χ2v) is 11.5. The van der Waals surface area contributed by atoms with Crippen LogP contribution in [0.4, 0.5) is 34.9 Å². The molecule has 0 aliphatic rings. The second kappa shape index (κ2) is 26.9. The van der Waals surface area contributed by atoms with Crippen LogP contribution in [-0.4, -0.2) is 105 Å². The zero-order valence-corrected chi connectivity index (χ0v) is 33.3. The molecular weight excluding hydrogens is 696 g/mol. The van der Waals surface area contributed by atoms with Crippen LogP contribution in [0.2, 0.25) is 0 Å². The summed E-state index contributed by atoms with van der Waals surface area (Å²) in [5, 5.41) is 15.4. The van der Waals surface area contributed by atoms with Crippen LogP contribution in [0.3, 0.4) is 0 Å². The number of rotatable bonds is 21. The molecule has 53 heavy (non-hydrogen) atoms. The van der Waals surface area contributed by atoms with Gasteiger partial charge in [-0.2, -0.15) is 9.97 Å². The number of alkyl halides is 1. The minimum absolute atomic E-state index is 0.503. The molecule has 0 radical (unpaired) electrons. The van der Waals surface area contributed by atoms with E-state index in [0.717, 1.165) is 68.6 Å². The maximum Gasteiger partial charge on any atom is 0.229 e. The Morgan fingerprint density at radius 1 is 0.642 bits per heavy atom.